The third-order valence-electron chi connectivity index (χ3n) is 3.50. The molecule has 0 aromatic heterocycles. The van der Waals surface area contributed by atoms with E-state index in [0.29, 0.717) is 12.5 Å². The summed E-state index contributed by atoms with van der Waals surface area (Å²) in [6.07, 6.45) is 8.34. The van der Waals surface area contributed by atoms with Gasteiger partial charge in [0.1, 0.15) is 0 Å². The molecule has 0 heterocycles. The molecule has 2 nitrogen and oxygen atoms in total. The second-order valence-corrected chi connectivity index (χ2v) is 4.01. The van der Waals surface area contributed by atoms with Gasteiger partial charge in [0.25, 0.3) is 0 Å². The van der Waals surface area contributed by atoms with E-state index in [0.717, 1.165) is 12.3 Å². The number of methoxy groups -OCH3 is 1. The van der Waals surface area contributed by atoms with Crippen molar-refractivity contribution in [2.75, 3.05) is 13.7 Å². The molecule has 1 saturated carbocycles. The fraction of sp³-hybridized carbons (Fsp3) is 0.800. The van der Waals surface area contributed by atoms with E-state index in [2.05, 4.69) is 12.2 Å². The molecule has 3 atom stereocenters. The summed E-state index contributed by atoms with van der Waals surface area (Å²) in [5, 5.41) is 0. The highest BCUT2D eigenvalue weighted by atomic mass is 16.5. The van der Waals surface area contributed by atoms with E-state index in [-0.39, 0.29) is 5.60 Å². The molecule has 3 aliphatic rings. The van der Waals surface area contributed by atoms with Crippen LogP contribution in [-0.2, 0) is 4.74 Å². The van der Waals surface area contributed by atoms with E-state index in [4.69, 9.17) is 10.5 Å². The second-order valence-electron chi connectivity index (χ2n) is 4.01. The van der Waals surface area contributed by atoms with E-state index in [1.54, 1.807) is 7.11 Å². The number of ether oxygens (including phenoxy) is 1. The quantitative estimate of drug-likeness (QED) is 0.629. The van der Waals surface area contributed by atoms with E-state index < -0.39 is 0 Å². The van der Waals surface area contributed by atoms with Crippen molar-refractivity contribution in [1.29, 1.82) is 0 Å². The average Bonchev–Trinajstić information content (AvgIpc) is 2.19. The van der Waals surface area contributed by atoms with Crippen LogP contribution in [0.15, 0.2) is 12.2 Å². The molecule has 2 N–H and O–H groups in total. The first-order chi connectivity index (χ1) is 5.80. The summed E-state index contributed by atoms with van der Waals surface area (Å²) in [6.45, 7) is 0.662. The fourth-order valence-corrected chi connectivity index (χ4v) is 2.63. The van der Waals surface area contributed by atoms with Crippen molar-refractivity contribution in [3.63, 3.8) is 0 Å². The predicted octanol–water partition coefficient (Wildman–Crippen LogP) is 1.32. The number of nitrogens with two attached hydrogens (primary N) is 1. The minimum absolute atomic E-state index is 0.0301. The van der Waals surface area contributed by atoms with Crippen LogP contribution in [0.2, 0.25) is 0 Å². The third-order valence-corrected chi connectivity index (χ3v) is 3.50. The van der Waals surface area contributed by atoms with Crippen LogP contribution in [0.25, 0.3) is 0 Å². The molecule has 0 aromatic carbocycles. The molecule has 3 unspecified atom stereocenters. The van der Waals surface area contributed by atoms with Gasteiger partial charge in [-0.15, -0.1) is 0 Å². The lowest BCUT2D eigenvalue weighted by molar-refractivity contribution is -0.0759. The Morgan fingerprint density at radius 1 is 1.50 bits per heavy atom. The maximum Gasteiger partial charge on any atom is 0.0868 e. The highest BCUT2D eigenvalue weighted by molar-refractivity contribution is 5.13. The topological polar surface area (TPSA) is 35.2 Å². The van der Waals surface area contributed by atoms with Gasteiger partial charge in [-0.3, -0.25) is 0 Å². The van der Waals surface area contributed by atoms with E-state index in [1.807, 2.05) is 0 Å². The Hall–Kier alpha value is -0.340. The SMILES string of the molecule is COC1(CN)CC2C=CC1CC2. The van der Waals surface area contributed by atoms with Gasteiger partial charge in [0.05, 0.1) is 5.60 Å². The molecule has 0 amide bonds. The van der Waals surface area contributed by atoms with Crippen molar-refractivity contribution in [2.24, 2.45) is 17.6 Å². The van der Waals surface area contributed by atoms with Gasteiger partial charge in [0.2, 0.25) is 0 Å². The summed E-state index contributed by atoms with van der Waals surface area (Å²) in [7, 11) is 1.79. The van der Waals surface area contributed by atoms with Crippen LogP contribution in [0, 0.1) is 11.8 Å². The second kappa shape index (κ2) is 2.86. The number of fused-ring (bicyclic) bond motifs is 2. The van der Waals surface area contributed by atoms with Gasteiger partial charge in [-0.05, 0) is 25.2 Å². The van der Waals surface area contributed by atoms with Crippen LogP contribution in [0.3, 0.4) is 0 Å². The van der Waals surface area contributed by atoms with Gasteiger partial charge >= 0.3 is 0 Å². The Morgan fingerprint density at radius 3 is 2.58 bits per heavy atom. The van der Waals surface area contributed by atoms with Crippen molar-refractivity contribution in [3.8, 4) is 0 Å². The monoisotopic (exact) mass is 167 g/mol. The van der Waals surface area contributed by atoms with E-state index >= 15 is 0 Å². The average molecular weight is 167 g/mol. The van der Waals surface area contributed by atoms with Gasteiger partial charge in [-0.25, -0.2) is 0 Å². The summed E-state index contributed by atoms with van der Waals surface area (Å²) < 4.78 is 5.59. The van der Waals surface area contributed by atoms with Crippen LogP contribution in [0.4, 0.5) is 0 Å². The van der Waals surface area contributed by atoms with Gasteiger partial charge in [0.15, 0.2) is 0 Å². The van der Waals surface area contributed by atoms with Gasteiger partial charge in [-0.2, -0.15) is 0 Å². The summed E-state index contributed by atoms with van der Waals surface area (Å²) >= 11 is 0. The molecular formula is C10H17NO. The molecule has 0 radical (unpaired) electrons. The van der Waals surface area contributed by atoms with Crippen LogP contribution in [0.1, 0.15) is 19.3 Å². The molecule has 68 valence electrons. The number of allylic oxidation sites excluding steroid dienone is 1. The first-order valence-corrected chi connectivity index (χ1v) is 4.74. The Kier molecular flexibility index (Phi) is 1.97. The molecule has 0 aromatic rings. The molecule has 1 fully saturated rings. The standard InChI is InChI=1S/C10H17NO/c1-12-10(7-11)6-8-2-4-9(10)5-3-8/h2,4,8-9H,3,5-7,11H2,1H3. The molecular weight excluding hydrogens is 150 g/mol. The minimum atomic E-state index is -0.0301. The maximum absolute atomic E-state index is 5.78. The highest BCUT2D eigenvalue weighted by Crippen LogP contribution is 2.44. The van der Waals surface area contributed by atoms with Crippen LogP contribution in [0.5, 0.6) is 0 Å². The predicted molar refractivity (Wildman–Crippen MR) is 48.8 cm³/mol. The van der Waals surface area contributed by atoms with Crippen LogP contribution >= 0.6 is 0 Å². The zero-order valence-corrected chi connectivity index (χ0v) is 7.62. The Labute approximate surface area is 73.8 Å². The molecule has 0 aliphatic heterocycles. The van der Waals surface area contributed by atoms with Gasteiger partial charge in [-0.1, -0.05) is 12.2 Å². The lowest BCUT2D eigenvalue weighted by atomic mass is 9.66. The lowest BCUT2D eigenvalue weighted by Gasteiger charge is -2.47. The summed E-state index contributed by atoms with van der Waals surface area (Å²) in [6, 6.07) is 0. The van der Waals surface area contributed by atoms with Crippen molar-refractivity contribution >= 4 is 0 Å². The lowest BCUT2D eigenvalue weighted by Crippen LogP contribution is -2.51. The summed E-state index contributed by atoms with van der Waals surface area (Å²) in [5.41, 5.74) is 5.75. The first-order valence-electron chi connectivity index (χ1n) is 4.74. The van der Waals surface area contributed by atoms with Crippen molar-refractivity contribution in [3.05, 3.63) is 12.2 Å². The number of hydrogen-bond donors (Lipinski definition) is 1. The summed E-state index contributed by atoms with van der Waals surface area (Å²) in [4.78, 5) is 0. The first kappa shape index (κ1) is 8.27. The van der Waals surface area contributed by atoms with Crippen molar-refractivity contribution < 1.29 is 4.74 Å². The van der Waals surface area contributed by atoms with Gasteiger partial charge < -0.3 is 10.5 Å². The van der Waals surface area contributed by atoms with E-state index in [1.165, 1.54) is 12.8 Å². The van der Waals surface area contributed by atoms with Crippen molar-refractivity contribution in [2.45, 2.75) is 24.9 Å². The molecule has 3 aliphatic carbocycles. The Bertz CT molecular complexity index is 196. The molecule has 2 bridgehead atoms. The molecule has 12 heavy (non-hydrogen) atoms. The van der Waals surface area contributed by atoms with Crippen LogP contribution < -0.4 is 5.73 Å². The molecule has 0 saturated heterocycles. The molecule has 0 spiro atoms. The normalized spacial score (nSPS) is 45.2. The minimum Gasteiger partial charge on any atom is -0.376 e. The maximum atomic E-state index is 5.78. The van der Waals surface area contributed by atoms with Crippen molar-refractivity contribution in [1.82, 2.24) is 0 Å². The van der Waals surface area contributed by atoms with Crippen LogP contribution in [-0.4, -0.2) is 19.3 Å². The number of hydrogen-bond acceptors (Lipinski definition) is 2. The third kappa shape index (κ3) is 1.02. The molecule has 2 heteroatoms. The Balaban J connectivity index is 2.23. The summed E-state index contributed by atoms with van der Waals surface area (Å²) in [5.74, 6) is 1.29. The Morgan fingerprint density at radius 2 is 2.33 bits per heavy atom. The highest BCUT2D eigenvalue weighted by Gasteiger charge is 2.44. The number of rotatable bonds is 2. The van der Waals surface area contributed by atoms with Gasteiger partial charge in [0, 0.05) is 19.6 Å². The largest absolute Gasteiger partial charge is 0.376 e. The zero-order valence-electron chi connectivity index (χ0n) is 7.62. The molecule has 3 rings (SSSR count). The van der Waals surface area contributed by atoms with E-state index in [9.17, 15) is 0 Å². The zero-order chi connectivity index (χ0) is 8.60. The smallest absolute Gasteiger partial charge is 0.0868 e. The fourth-order valence-electron chi connectivity index (χ4n) is 2.63.